The first-order valence-electron chi connectivity index (χ1n) is 12.2. The molecule has 0 bridgehead atoms. The summed E-state index contributed by atoms with van der Waals surface area (Å²) in [4.78, 5) is 13.7. The molecule has 0 saturated heterocycles. The average Bonchev–Trinajstić information content (AvgIpc) is 2.48. The Labute approximate surface area is 208 Å². The lowest BCUT2D eigenvalue weighted by Crippen LogP contribution is -2.69. The number of ether oxygens (including phenoxy) is 1. The van der Waals surface area contributed by atoms with Crippen LogP contribution >= 0.6 is 9.24 Å². The van der Waals surface area contributed by atoms with Crippen LogP contribution < -0.4 is 10.6 Å². The molecule has 0 aliphatic heterocycles. The van der Waals surface area contributed by atoms with Gasteiger partial charge in [0.15, 0.2) is 0 Å². The fourth-order valence-electron chi connectivity index (χ4n) is 3.21. The fraction of sp³-hybridized carbons (Fsp3) is 0.893. The number of nitrogens with one attached hydrogen (secondary N) is 2. The van der Waals surface area contributed by atoms with Crippen molar-refractivity contribution in [2.24, 2.45) is 16.2 Å². The van der Waals surface area contributed by atoms with E-state index in [1.165, 1.54) is 0 Å². The van der Waals surface area contributed by atoms with Crippen molar-refractivity contribution in [3.8, 4) is 11.8 Å². The summed E-state index contributed by atoms with van der Waals surface area (Å²) >= 11 is 0. The lowest BCUT2D eigenvalue weighted by atomic mass is 9.69. The standard InChI is InChI=1S/C28H55N2O2P/c1-21(2,3)18-19-23(7,8)25(11,12)29-20(31)24(9,10)26(13,14)30-27(15,16)28(17,33)32-22(4,5)6/h30H,33H2,1-17H3,(H,29,31). The van der Waals surface area contributed by atoms with Gasteiger partial charge in [0, 0.05) is 21.9 Å². The third kappa shape index (κ3) is 8.52. The summed E-state index contributed by atoms with van der Waals surface area (Å²) in [6.45, 7) is 35.3. The second-order valence-corrected chi connectivity index (χ2v) is 15.6. The largest absolute Gasteiger partial charge is 0.364 e. The molecule has 1 amide bonds. The lowest BCUT2D eigenvalue weighted by molar-refractivity contribution is -0.140. The van der Waals surface area contributed by atoms with Crippen molar-refractivity contribution in [3.05, 3.63) is 0 Å². The summed E-state index contributed by atoms with van der Waals surface area (Å²) in [6.07, 6.45) is 0. The van der Waals surface area contributed by atoms with Crippen LogP contribution in [0.2, 0.25) is 0 Å². The first-order chi connectivity index (χ1) is 14.0. The van der Waals surface area contributed by atoms with Gasteiger partial charge in [0.2, 0.25) is 5.91 Å². The molecule has 0 radical (unpaired) electrons. The number of rotatable bonds is 8. The van der Waals surface area contributed by atoms with Crippen molar-refractivity contribution in [1.29, 1.82) is 0 Å². The monoisotopic (exact) mass is 482 g/mol. The number of hydrogen-bond donors (Lipinski definition) is 2. The molecule has 2 atom stereocenters. The van der Waals surface area contributed by atoms with Crippen LogP contribution in [0.5, 0.6) is 0 Å². The van der Waals surface area contributed by atoms with Gasteiger partial charge >= 0.3 is 0 Å². The quantitative estimate of drug-likeness (QED) is 0.305. The zero-order chi connectivity index (χ0) is 27.1. The van der Waals surface area contributed by atoms with Gasteiger partial charge in [-0.05, 0) is 118 Å². The van der Waals surface area contributed by atoms with Gasteiger partial charge < -0.3 is 15.4 Å². The molecule has 0 spiro atoms. The topological polar surface area (TPSA) is 50.4 Å². The van der Waals surface area contributed by atoms with Gasteiger partial charge in [-0.3, -0.25) is 4.79 Å². The smallest absolute Gasteiger partial charge is 0.227 e. The van der Waals surface area contributed by atoms with Crippen LogP contribution in [0, 0.1) is 28.1 Å². The highest BCUT2D eigenvalue weighted by molar-refractivity contribution is 7.18. The van der Waals surface area contributed by atoms with E-state index in [-0.39, 0.29) is 16.9 Å². The van der Waals surface area contributed by atoms with E-state index in [9.17, 15) is 4.79 Å². The molecule has 194 valence electrons. The van der Waals surface area contributed by atoms with Crippen LogP contribution in [0.3, 0.4) is 0 Å². The molecule has 0 aliphatic rings. The number of carbonyl (C=O) groups excluding carboxylic acids is 1. The molecule has 4 nitrogen and oxygen atoms in total. The Morgan fingerprint density at radius 3 is 1.45 bits per heavy atom. The van der Waals surface area contributed by atoms with Crippen LogP contribution in [0.15, 0.2) is 0 Å². The maximum Gasteiger partial charge on any atom is 0.227 e. The average molecular weight is 483 g/mol. The SMILES string of the molecule is CC(C)(C)C#CC(C)(C)C(C)(C)NC(=O)C(C)(C)C(C)(C)NC(C)(C)C(C)(P)OC(C)(C)C. The number of hydrogen-bond acceptors (Lipinski definition) is 3. The summed E-state index contributed by atoms with van der Waals surface area (Å²) in [5, 5.41) is 6.53. The summed E-state index contributed by atoms with van der Waals surface area (Å²) < 4.78 is 6.37. The van der Waals surface area contributed by atoms with Crippen LogP contribution in [0.1, 0.15) is 118 Å². The van der Waals surface area contributed by atoms with Crippen LogP contribution in [0.25, 0.3) is 0 Å². The first-order valence-corrected chi connectivity index (χ1v) is 12.7. The van der Waals surface area contributed by atoms with Crippen molar-refractivity contribution < 1.29 is 9.53 Å². The Morgan fingerprint density at radius 2 is 1.09 bits per heavy atom. The second-order valence-electron chi connectivity index (χ2n) is 14.5. The molecular weight excluding hydrogens is 427 g/mol. The Kier molecular flexibility index (Phi) is 9.27. The zero-order valence-corrected chi connectivity index (χ0v) is 26.0. The second kappa shape index (κ2) is 9.44. The van der Waals surface area contributed by atoms with Gasteiger partial charge in [-0.2, -0.15) is 0 Å². The Balaban J connectivity index is 5.89. The van der Waals surface area contributed by atoms with Gasteiger partial charge in [0.25, 0.3) is 0 Å². The van der Waals surface area contributed by atoms with E-state index in [0.29, 0.717) is 0 Å². The molecule has 5 heteroatoms. The van der Waals surface area contributed by atoms with E-state index in [4.69, 9.17) is 4.74 Å². The molecule has 0 aromatic heterocycles. The molecule has 0 fully saturated rings. The molecule has 0 heterocycles. The molecule has 2 unspecified atom stereocenters. The van der Waals surface area contributed by atoms with Crippen LogP contribution in [0.4, 0.5) is 0 Å². The van der Waals surface area contributed by atoms with E-state index < -0.39 is 32.8 Å². The van der Waals surface area contributed by atoms with Gasteiger partial charge in [0.1, 0.15) is 0 Å². The Morgan fingerprint density at radius 1 is 0.667 bits per heavy atom. The first kappa shape index (κ1) is 32.4. The third-order valence-corrected chi connectivity index (χ3v) is 8.09. The maximum absolute atomic E-state index is 13.7. The van der Waals surface area contributed by atoms with Crippen LogP contribution in [-0.4, -0.2) is 33.5 Å². The highest BCUT2D eigenvalue weighted by Gasteiger charge is 2.51. The van der Waals surface area contributed by atoms with Crippen molar-refractivity contribution in [1.82, 2.24) is 10.6 Å². The molecule has 0 saturated carbocycles. The minimum Gasteiger partial charge on any atom is -0.364 e. The predicted molar refractivity (Wildman–Crippen MR) is 147 cm³/mol. The fourth-order valence-corrected chi connectivity index (χ4v) is 3.63. The van der Waals surface area contributed by atoms with Crippen molar-refractivity contribution in [3.63, 3.8) is 0 Å². The lowest BCUT2D eigenvalue weighted by Gasteiger charge is -2.53. The van der Waals surface area contributed by atoms with Crippen molar-refractivity contribution >= 4 is 15.1 Å². The summed E-state index contributed by atoms with van der Waals surface area (Å²) in [5.41, 5.74) is -2.98. The number of amides is 1. The number of carbonyl (C=O) groups is 1. The molecule has 33 heavy (non-hydrogen) atoms. The minimum atomic E-state index is -0.711. The summed E-state index contributed by atoms with van der Waals surface area (Å²) in [6, 6.07) is 0. The third-order valence-electron chi connectivity index (χ3n) is 7.25. The Hall–Kier alpha value is -0.620. The van der Waals surface area contributed by atoms with Gasteiger partial charge in [-0.15, -0.1) is 9.24 Å². The van der Waals surface area contributed by atoms with Crippen molar-refractivity contribution in [2.75, 3.05) is 0 Å². The highest BCUT2D eigenvalue weighted by atomic mass is 31.0. The Bertz CT molecular complexity index is 764. The summed E-state index contributed by atoms with van der Waals surface area (Å²) in [5.74, 6) is 6.76. The maximum atomic E-state index is 13.7. The highest BCUT2D eigenvalue weighted by Crippen LogP contribution is 2.41. The van der Waals surface area contributed by atoms with Crippen molar-refractivity contribution in [2.45, 2.75) is 145 Å². The molecular formula is C28H55N2O2P. The molecule has 0 aromatic rings. The van der Waals surface area contributed by atoms with E-state index in [1.807, 2.05) is 13.8 Å². The minimum absolute atomic E-state index is 0.00590. The molecule has 0 rings (SSSR count). The molecule has 2 N–H and O–H groups in total. The van der Waals surface area contributed by atoms with E-state index >= 15 is 0 Å². The van der Waals surface area contributed by atoms with Gasteiger partial charge in [-0.25, -0.2) is 0 Å². The zero-order valence-electron chi connectivity index (χ0n) is 24.9. The van der Waals surface area contributed by atoms with Crippen LogP contribution in [-0.2, 0) is 9.53 Å². The predicted octanol–water partition coefficient (Wildman–Crippen LogP) is 6.54. The summed E-state index contributed by atoms with van der Waals surface area (Å²) in [7, 11) is 2.86. The molecule has 0 aliphatic carbocycles. The van der Waals surface area contributed by atoms with Gasteiger partial charge in [0.05, 0.1) is 21.9 Å². The normalized spacial score (nSPS) is 16.5. The van der Waals surface area contributed by atoms with E-state index in [2.05, 4.69) is 136 Å². The van der Waals surface area contributed by atoms with Gasteiger partial charge in [-0.1, -0.05) is 11.8 Å². The van der Waals surface area contributed by atoms with E-state index in [1.54, 1.807) is 0 Å². The molecule has 0 aromatic carbocycles. The van der Waals surface area contributed by atoms with E-state index in [0.717, 1.165) is 0 Å².